The Kier molecular flexibility index (Phi) is 4.65. The number of rotatable bonds is 4. The molecule has 0 aliphatic rings. The predicted octanol–water partition coefficient (Wildman–Crippen LogP) is 5.68. The molecule has 0 saturated carbocycles. The van der Waals surface area contributed by atoms with Crippen LogP contribution in [0.15, 0.2) is 95.9 Å². The highest BCUT2D eigenvalue weighted by Crippen LogP contribution is 2.33. The lowest BCUT2D eigenvalue weighted by Gasteiger charge is -2.15. The molecule has 4 aromatic rings. The van der Waals surface area contributed by atoms with Crippen LogP contribution in [0.25, 0.3) is 22.5 Å². The molecule has 0 saturated heterocycles. The van der Waals surface area contributed by atoms with E-state index in [0.717, 1.165) is 22.3 Å². The van der Waals surface area contributed by atoms with Crippen molar-refractivity contribution in [2.75, 3.05) is 0 Å². The van der Waals surface area contributed by atoms with Crippen LogP contribution in [-0.2, 0) is 10.0 Å². The molecule has 4 rings (SSSR count). The van der Waals surface area contributed by atoms with Gasteiger partial charge in [-0.25, -0.2) is 12.4 Å². The van der Waals surface area contributed by atoms with Crippen molar-refractivity contribution in [3.8, 4) is 22.5 Å². The van der Waals surface area contributed by atoms with Crippen LogP contribution in [-0.4, -0.2) is 12.4 Å². The summed E-state index contributed by atoms with van der Waals surface area (Å²) in [5, 5.41) is 0. The summed E-state index contributed by atoms with van der Waals surface area (Å²) in [6.45, 7) is 3.96. The Morgan fingerprint density at radius 2 is 1.04 bits per heavy atom. The van der Waals surface area contributed by atoms with Gasteiger partial charge in [0.05, 0.1) is 16.3 Å². The van der Waals surface area contributed by atoms with Crippen molar-refractivity contribution in [3.63, 3.8) is 0 Å². The lowest BCUT2D eigenvalue weighted by atomic mass is 10.1. The highest BCUT2D eigenvalue weighted by molar-refractivity contribution is 7.90. The highest BCUT2D eigenvalue weighted by Gasteiger charge is 2.24. The van der Waals surface area contributed by atoms with Gasteiger partial charge in [0.25, 0.3) is 10.0 Å². The summed E-state index contributed by atoms with van der Waals surface area (Å²) in [6, 6.07) is 28.2. The van der Waals surface area contributed by atoms with Gasteiger partial charge in [0.2, 0.25) is 0 Å². The molecule has 1 aromatic heterocycles. The lowest BCUT2D eigenvalue weighted by molar-refractivity contribution is 0.588. The fraction of sp³-hybridized carbons (Fsp3) is 0.0833. The molecule has 0 aliphatic carbocycles. The Morgan fingerprint density at radius 3 is 1.57 bits per heavy atom. The molecule has 0 fully saturated rings. The van der Waals surface area contributed by atoms with E-state index in [0.29, 0.717) is 11.4 Å². The Balaban J connectivity index is 1.98. The first-order chi connectivity index (χ1) is 13.5. The molecule has 3 nitrogen and oxygen atoms in total. The minimum Gasteiger partial charge on any atom is -0.233 e. The Morgan fingerprint density at radius 1 is 0.571 bits per heavy atom. The summed E-state index contributed by atoms with van der Waals surface area (Å²) in [5.41, 5.74) is 5.18. The number of hydrogen-bond acceptors (Lipinski definition) is 2. The van der Waals surface area contributed by atoms with Crippen LogP contribution >= 0.6 is 0 Å². The minimum absolute atomic E-state index is 0.278. The molecule has 4 heteroatoms. The molecule has 0 aliphatic heterocycles. The average molecular weight is 388 g/mol. The molecule has 0 spiro atoms. The van der Waals surface area contributed by atoms with Gasteiger partial charge in [-0.15, -0.1) is 0 Å². The van der Waals surface area contributed by atoms with E-state index >= 15 is 0 Å². The highest BCUT2D eigenvalue weighted by atomic mass is 32.2. The molecule has 1 heterocycles. The largest absolute Gasteiger partial charge is 0.268 e. The smallest absolute Gasteiger partial charge is 0.233 e. The summed E-state index contributed by atoms with van der Waals surface area (Å²) in [7, 11) is -3.76. The van der Waals surface area contributed by atoms with E-state index in [-0.39, 0.29) is 4.90 Å². The zero-order valence-corrected chi connectivity index (χ0v) is 16.6. The quantitative estimate of drug-likeness (QED) is 0.452. The fourth-order valence-electron chi connectivity index (χ4n) is 3.26. The zero-order chi connectivity index (χ0) is 19.7. The molecule has 0 bridgehead atoms. The van der Waals surface area contributed by atoms with Crippen LogP contribution in [0.4, 0.5) is 0 Å². The van der Waals surface area contributed by atoms with Crippen LogP contribution in [0.1, 0.15) is 11.1 Å². The van der Waals surface area contributed by atoms with Crippen LogP contribution < -0.4 is 0 Å². The maximum Gasteiger partial charge on any atom is 0.268 e. The zero-order valence-electron chi connectivity index (χ0n) is 15.8. The molecule has 0 N–H and O–H groups in total. The molecular weight excluding hydrogens is 366 g/mol. The molecular formula is C24H21NO2S. The monoisotopic (exact) mass is 387 g/mol. The number of nitrogens with zero attached hydrogens (tertiary/aromatic N) is 1. The van der Waals surface area contributed by atoms with Crippen LogP contribution in [0.5, 0.6) is 0 Å². The molecule has 0 amide bonds. The number of aryl methyl sites for hydroxylation is 2. The van der Waals surface area contributed by atoms with Gasteiger partial charge in [0.15, 0.2) is 0 Å². The molecule has 3 aromatic carbocycles. The van der Waals surface area contributed by atoms with E-state index in [2.05, 4.69) is 0 Å². The van der Waals surface area contributed by atoms with Crippen molar-refractivity contribution in [2.24, 2.45) is 0 Å². The topological polar surface area (TPSA) is 39.1 Å². The van der Waals surface area contributed by atoms with Crippen molar-refractivity contribution in [2.45, 2.75) is 18.7 Å². The van der Waals surface area contributed by atoms with Gasteiger partial charge >= 0.3 is 0 Å². The second-order valence-corrected chi connectivity index (χ2v) is 8.71. The molecule has 0 atom stereocenters. The Bertz CT molecular complexity index is 1200. The van der Waals surface area contributed by atoms with Crippen molar-refractivity contribution in [3.05, 3.63) is 102 Å². The molecule has 0 unspecified atom stereocenters. The summed E-state index contributed by atoms with van der Waals surface area (Å²) < 4.78 is 28.7. The van der Waals surface area contributed by atoms with Crippen LogP contribution in [0, 0.1) is 13.8 Å². The second-order valence-electron chi connectivity index (χ2n) is 6.92. The standard InChI is InChI=1S/C24H21NO2S/c1-18-8-12-21(13-9-18)24-17-16-23(20-6-4-3-5-7-20)25(24)28(26,27)22-14-10-19(2)11-15-22/h3-17H,1-2H3. The maximum atomic E-state index is 13.6. The third-order valence-corrected chi connectivity index (χ3v) is 6.55. The van der Waals surface area contributed by atoms with Gasteiger partial charge in [-0.3, -0.25) is 0 Å². The van der Waals surface area contributed by atoms with E-state index in [9.17, 15) is 8.42 Å². The van der Waals surface area contributed by atoms with Gasteiger partial charge in [0, 0.05) is 0 Å². The predicted molar refractivity (Wildman–Crippen MR) is 114 cm³/mol. The molecule has 140 valence electrons. The second kappa shape index (κ2) is 7.13. The maximum absolute atomic E-state index is 13.6. The average Bonchev–Trinajstić information content (AvgIpc) is 3.16. The number of hydrogen-bond donors (Lipinski definition) is 0. The normalized spacial score (nSPS) is 11.5. The van der Waals surface area contributed by atoms with Gasteiger partial charge in [-0.2, -0.15) is 0 Å². The molecule has 28 heavy (non-hydrogen) atoms. The van der Waals surface area contributed by atoms with Gasteiger partial charge in [-0.1, -0.05) is 77.9 Å². The Hall–Kier alpha value is -3.11. The first kappa shape index (κ1) is 18.3. The summed E-state index contributed by atoms with van der Waals surface area (Å²) in [5.74, 6) is 0. The van der Waals surface area contributed by atoms with Crippen molar-refractivity contribution < 1.29 is 8.42 Å². The van der Waals surface area contributed by atoms with Gasteiger partial charge in [-0.05, 0) is 49.2 Å². The van der Waals surface area contributed by atoms with E-state index in [1.54, 1.807) is 12.1 Å². The van der Waals surface area contributed by atoms with Crippen molar-refractivity contribution >= 4 is 10.0 Å². The number of benzene rings is 3. The first-order valence-electron chi connectivity index (χ1n) is 9.13. The van der Waals surface area contributed by atoms with Crippen molar-refractivity contribution in [1.29, 1.82) is 0 Å². The van der Waals surface area contributed by atoms with Gasteiger partial charge in [0.1, 0.15) is 0 Å². The third kappa shape index (κ3) is 3.27. The Labute approximate surface area is 166 Å². The van der Waals surface area contributed by atoms with E-state index in [4.69, 9.17) is 0 Å². The number of aromatic nitrogens is 1. The first-order valence-corrected chi connectivity index (χ1v) is 10.6. The summed E-state index contributed by atoms with van der Waals surface area (Å²) >= 11 is 0. The lowest BCUT2D eigenvalue weighted by Crippen LogP contribution is -2.15. The van der Waals surface area contributed by atoms with Gasteiger partial charge < -0.3 is 0 Å². The van der Waals surface area contributed by atoms with Crippen LogP contribution in [0.2, 0.25) is 0 Å². The van der Waals surface area contributed by atoms with E-state index < -0.39 is 10.0 Å². The van der Waals surface area contributed by atoms with Crippen LogP contribution in [0.3, 0.4) is 0 Å². The SMILES string of the molecule is Cc1ccc(-c2ccc(-c3ccccc3)n2S(=O)(=O)c2ccc(C)cc2)cc1. The molecule has 0 radical (unpaired) electrons. The summed E-state index contributed by atoms with van der Waals surface area (Å²) in [4.78, 5) is 0.278. The van der Waals surface area contributed by atoms with E-state index in [1.807, 2.05) is 92.7 Å². The van der Waals surface area contributed by atoms with Crippen molar-refractivity contribution in [1.82, 2.24) is 3.97 Å². The fourth-order valence-corrected chi connectivity index (χ4v) is 4.80. The third-order valence-electron chi connectivity index (χ3n) is 4.81. The van der Waals surface area contributed by atoms with E-state index in [1.165, 1.54) is 3.97 Å². The summed E-state index contributed by atoms with van der Waals surface area (Å²) in [6.07, 6.45) is 0. The minimum atomic E-state index is -3.76.